The van der Waals surface area contributed by atoms with E-state index in [2.05, 4.69) is 0 Å². The quantitative estimate of drug-likeness (QED) is 0.889. The van der Waals surface area contributed by atoms with Crippen molar-refractivity contribution < 1.29 is 31.5 Å². The van der Waals surface area contributed by atoms with Crippen molar-refractivity contribution in [3.05, 3.63) is 29.3 Å². The average Bonchev–Trinajstić information content (AvgIpc) is 2.55. The Balaban J connectivity index is 2.71. The van der Waals surface area contributed by atoms with Gasteiger partial charge in [0, 0.05) is 5.54 Å². The van der Waals surface area contributed by atoms with E-state index < -0.39 is 45.7 Å². The molecule has 1 aromatic carbocycles. The molecule has 1 atom stereocenters. The van der Waals surface area contributed by atoms with Gasteiger partial charge in [-0.1, -0.05) is 0 Å². The highest BCUT2D eigenvalue weighted by Gasteiger charge is 2.49. The summed E-state index contributed by atoms with van der Waals surface area (Å²) in [5.74, 6) is -1.29. The zero-order chi connectivity index (χ0) is 17.8. The fourth-order valence-electron chi connectivity index (χ4n) is 2.81. The van der Waals surface area contributed by atoms with E-state index in [-0.39, 0.29) is 10.5 Å². The van der Waals surface area contributed by atoms with Gasteiger partial charge >= 0.3 is 12.1 Å². The van der Waals surface area contributed by atoms with Gasteiger partial charge in [-0.15, -0.1) is 0 Å². The molecular formula is C14H16F3NO4S. The maximum Gasteiger partial charge on any atom is 0.416 e. The van der Waals surface area contributed by atoms with Crippen LogP contribution in [-0.4, -0.2) is 29.3 Å². The molecule has 9 heteroatoms. The second-order valence-electron chi connectivity index (χ2n) is 6.34. The van der Waals surface area contributed by atoms with E-state index in [1.807, 2.05) is 0 Å². The summed E-state index contributed by atoms with van der Waals surface area (Å²) in [5.41, 5.74) is -2.11. The molecule has 0 amide bonds. The highest BCUT2D eigenvalue weighted by atomic mass is 32.2. The van der Waals surface area contributed by atoms with Crippen LogP contribution in [0.3, 0.4) is 0 Å². The van der Waals surface area contributed by atoms with Gasteiger partial charge in [0.25, 0.3) is 0 Å². The van der Waals surface area contributed by atoms with Crippen molar-refractivity contribution in [3.63, 3.8) is 0 Å². The van der Waals surface area contributed by atoms with Crippen LogP contribution in [0.2, 0.25) is 0 Å². The van der Waals surface area contributed by atoms with Gasteiger partial charge in [-0.3, -0.25) is 4.79 Å². The number of carboxylic acid groups (broad SMARTS) is 1. The Labute approximate surface area is 131 Å². The van der Waals surface area contributed by atoms with Gasteiger partial charge < -0.3 is 5.11 Å². The normalized spacial score (nSPS) is 21.2. The van der Waals surface area contributed by atoms with Crippen LogP contribution in [0.4, 0.5) is 13.2 Å². The molecular weight excluding hydrogens is 335 g/mol. The van der Waals surface area contributed by atoms with Crippen molar-refractivity contribution in [3.8, 4) is 0 Å². The molecule has 5 nitrogen and oxygen atoms in total. The number of sulfonamides is 1. The first-order valence-corrected chi connectivity index (χ1v) is 8.18. The minimum Gasteiger partial charge on any atom is -0.481 e. The Morgan fingerprint density at radius 2 is 1.83 bits per heavy atom. The Morgan fingerprint density at radius 1 is 1.26 bits per heavy atom. The first kappa shape index (κ1) is 17.7. The number of rotatable bonds is 2. The molecule has 0 aromatic heterocycles. The van der Waals surface area contributed by atoms with Gasteiger partial charge in [0.2, 0.25) is 10.0 Å². The molecule has 1 aliphatic heterocycles. The fraction of sp³-hybridized carbons (Fsp3) is 0.500. The maximum atomic E-state index is 12.9. The number of carbonyl (C=O) groups is 1. The van der Waals surface area contributed by atoms with E-state index in [1.54, 1.807) is 20.8 Å². The number of nitrogens with zero attached hydrogens (tertiary/aromatic N) is 1. The minimum atomic E-state index is -4.64. The molecule has 2 rings (SSSR count). The largest absolute Gasteiger partial charge is 0.481 e. The average molecular weight is 351 g/mol. The Bertz CT molecular complexity index is 750. The molecule has 0 saturated carbocycles. The van der Waals surface area contributed by atoms with Gasteiger partial charge in [-0.2, -0.15) is 17.5 Å². The summed E-state index contributed by atoms with van der Waals surface area (Å²) < 4.78 is 64.9. The van der Waals surface area contributed by atoms with Gasteiger partial charge in [-0.25, -0.2) is 8.42 Å². The molecule has 0 unspecified atom stereocenters. The van der Waals surface area contributed by atoms with E-state index in [9.17, 15) is 26.4 Å². The maximum absolute atomic E-state index is 12.9. The van der Waals surface area contributed by atoms with Crippen LogP contribution in [0, 0.1) is 0 Å². The van der Waals surface area contributed by atoms with Crippen LogP contribution < -0.4 is 0 Å². The van der Waals surface area contributed by atoms with Crippen molar-refractivity contribution >= 4 is 16.0 Å². The van der Waals surface area contributed by atoms with E-state index in [0.717, 1.165) is 16.4 Å². The van der Waals surface area contributed by atoms with Crippen LogP contribution in [0.1, 0.15) is 44.4 Å². The fourth-order valence-corrected chi connectivity index (χ4v) is 5.00. The van der Waals surface area contributed by atoms with Crippen molar-refractivity contribution in [2.45, 2.75) is 49.8 Å². The van der Waals surface area contributed by atoms with Gasteiger partial charge in [0.15, 0.2) is 0 Å². The third kappa shape index (κ3) is 3.07. The van der Waals surface area contributed by atoms with Gasteiger partial charge in [0.05, 0.1) is 22.9 Å². The summed E-state index contributed by atoms with van der Waals surface area (Å²) in [7, 11) is -4.06. The molecule has 23 heavy (non-hydrogen) atoms. The molecule has 1 aliphatic rings. The van der Waals surface area contributed by atoms with Gasteiger partial charge in [0.1, 0.15) is 0 Å². The van der Waals surface area contributed by atoms with E-state index >= 15 is 0 Å². The number of benzene rings is 1. The lowest BCUT2D eigenvalue weighted by Gasteiger charge is -2.34. The van der Waals surface area contributed by atoms with Crippen molar-refractivity contribution in [1.82, 2.24) is 4.31 Å². The molecule has 128 valence electrons. The highest BCUT2D eigenvalue weighted by molar-refractivity contribution is 7.89. The molecule has 0 saturated heterocycles. The van der Waals surface area contributed by atoms with Crippen molar-refractivity contribution in [2.24, 2.45) is 0 Å². The number of hydrogen-bond donors (Lipinski definition) is 1. The Hall–Kier alpha value is -1.61. The van der Waals surface area contributed by atoms with Crippen molar-refractivity contribution in [1.29, 1.82) is 0 Å². The number of alkyl halides is 3. The number of carboxylic acids is 1. The molecule has 1 N–H and O–H groups in total. The zero-order valence-electron chi connectivity index (χ0n) is 12.7. The first-order chi connectivity index (χ1) is 10.3. The zero-order valence-corrected chi connectivity index (χ0v) is 13.5. The molecule has 0 aliphatic carbocycles. The van der Waals surface area contributed by atoms with Crippen LogP contribution in [0.15, 0.2) is 23.1 Å². The summed E-state index contributed by atoms with van der Waals surface area (Å²) in [6, 6.07) is 1.15. The lowest BCUT2D eigenvalue weighted by atomic mass is 9.97. The number of aliphatic carboxylic acids is 1. The number of fused-ring (bicyclic) bond motifs is 1. The predicted octanol–water partition coefficient (Wildman–Crippen LogP) is 3.02. The third-order valence-electron chi connectivity index (χ3n) is 3.55. The third-order valence-corrected chi connectivity index (χ3v) is 5.79. The molecule has 0 spiro atoms. The van der Waals surface area contributed by atoms with Gasteiger partial charge in [-0.05, 0) is 44.5 Å². The predicted molar refractivity (Wildman–Crippen MR) is 75.2 cm³/mol. The minimum absolute atomic E-state index is 0.128. The van der Waals surface area contributed by atoms with E-state index in [1.165, 1.54) is 0 Å². The second kappa shape index (κ2) is 5.20. The van der Waals surface area contributed by atoms with Crippen molar-refractivity contribution in [2.75, 3.05) is 0 Å². The van der Waals surface area contributed by atoms with E-state index in [0.29, 0.717) is 6.07 Å². The number of hydrogen-bond acceptors (Lipinski definition) is 3. The molecule has 1 aromatic rings. The van der Waals surface area contributed by atoms with Crippen LogP contribution >= 0.6 is 0 Å². The number of halogens is 3. The van der Waals surface area contributed by atoms with Crippen LogP contribution in [-0.2, 0) is 21.0 Å². The summed E-state index contributed by atoms with van der Waals surface area (Å²) in [5, 5.41) is 9.04. The molecule has 0 radical (unpaired) electrons. The summed E-state index contributed by atoms with van der Waals surface area (Å²) in [4.78, 5) is 10.8. The Kier molecular flexibility index (Phi) is 4.01. The monoisotopic (exact) mass is 351 g/mol. The summed E-state index contributed by atoms with van der Waals surface area (Å²) >= 11 is 0. The standard InChI is InChI=1S/C14H16F3NO4S/c1-13(2,3)18-10(7-12(19)20)9-6-8(14(15,16)17)4-5-11(9)23(18,21)22/h4-6,10H,7H2,1-3H3,(H,19,20)/t10-/m0/s1. The van der Waals surface area contributed by atoms with E-state index in [4.69, 9.17) is 5.11 Å². The smallest absolute Gasteiger partial charge is 0.416 e. The van der Waals surface area contributed by atoms with Crippen LogP contribution in [0.25, 0.3) is 0 Å². The Morgan fingerprint density at radius 3 is 2.26 bits per heavy atom. The van der Waals surface area contributed by atoms with Crippen LogP contribution in [0.5, 0.6) is 0 Å². The molecule has 0 bridgehead atoms. The molecule has 0 fully saturated rings. The second-order valence-corrected chi connectivity index (χ2v) is 8.12. The SMILES string of the molecule is CC(C)(C)N1[C@@H](CC(=O)O)c2cc(C(F)(F)F)ccc2S1(=O)=O. The highest BCUT2D eigenvalue weighted by Crippen LogP contribution is 2.47. The lowest BCUT2D eigenvalue weighted by molar-refractivity contribution is -0.138. The lowest BCUT2D eigenvalue weighted by Crippen LogP contribution is -2.44. The molecule has 1 heterocycles. The summed E-state index contributed by atoms with van der Waals surface area (Å²) in [6.07, 6.45) is -5.24. The summed E-state index contributed by atoms with van der Waals surface area (Å²) in [6.45, 7) is 4.70. The topological polar surface area (TPSA) is 74.7 Å². The first-order valence-electron chi connectivity index (χ1n) is 6.74.